The van der Waals surface area contributed by atoms with Crippen molar-refractivity contribution in [2.24, 2.45) is 5.73 Å². The minimum atomic E-state index is 0.504. The molecule has 0 aromatic carbocycles. The third-order valence-corrected chi connectivity index (χ3v) is 3.38. The molecule has 2 aromatic heterocycles. The molecular formula is C12H18N4S. The van der Waals surface area contributed by atoms with E-state index in [4.69, 9.17) is 5.73 Å². The van der Waals surface area contributed by atoms with Crippen molar-refractivity contribution in [3.63, 3.8) is 0 Å². The number of thioether (sulfide) groups is 1. The van der Waals surface area contributed by atoms with Gasteiger partial charge < -0.3 is 15.0 Å². The van der Waals surface area contributed by atoms with Crippen molar-refractivity contribution < 1.29 is 0 Å². The summed E-state index contributed by atoms with van der Waals surface area (Å²) < 4.78 is 2.06. The lowest BCUT2D eigenvalue weighted by Crippen LogP contribution is -2.22. The number of hydrogen-bond donors (Lipinski definition) is 1. The van der Waals surface area contributed by atoms with E-state index in [2.05, 4.69) is 27.6 Å². The minimum Gasteiger partial charge on any atom is -0.357 e. The highest BCUT2D eigenvalue weighted by molar-refractivity contribution is 7.98. The molecule has 2 aromatic rings. The van der Waals surface area contributed by atoms with Crippen LogP contribution in [0.4, 0.5) is 5.82 Å². The van der Waals surface area contributed by atoms with Gasteiger partial charge in [0.1, 0.15) is 5.65 Å². The Kier molecular flexibility index (Phi) is 3.91. The molecule has 0 radical (unpaired) electrons. The fourth-order valence-corrected chi connectivity index (χ4v) is 2.32. The van der Waals surface area contributed by atoms with Crippen LogP contribution in [0.25, 0.3) is 5.65 Å². The van der Waals surface area contributed by atoms with Crippen molar-refractivity contribution in [3.05, 3.63) is 30.1 Å². The van der Waals surface area contributed by atoms with Gasteiger partial charge in [0.05, 0.1) is 5.69 Å². The Morgan fingerprint density at radius 1 is 1.47 bits per heavy atom. The number of pyridine rings is 1. The monoisotopic (exact) mass is 250 g/mol. The normalized spacial score (nSPS) is 11.0. The summed E-state index contributed by atoms with van der Waals surface area (Å²) in [7, 11) is 2.07. The largest absolute Gasteiger partial charge is 0.357 e. The highest BCUT2D eigenvalue weighted by Gasteiger charge is 2.13. The molecule has 0 bridgehead atoms. The topological polar surface area (TPSA) is 46.6 Å². The minimum absolute atomic E-state index is 0.504. The summed E-state index contributed by atoms with van der Waals surface area (Å²) in [5, 5.41) is 0. The SMILES string of the molecule is CSCCN(C)c1nc2ccccn2c1CN. The first-order valence-corrected chi connectivity index (χ1v) is 7.03. The standard InChI is InChI=1S/C12H18N4S/c1-15(7-8-17-2)12-10(9-13)16-6-4-3-5-11(16)14-12/h3-6H,7-9,13H2,1-2H3. The van der Waals surface area contributed by atoms with Gasteiger partial charge in [0.25, 0.3) is 0 Å². The molecule has 0 amide bonds. The van der Waals surface area contributed by atoms with Gasteiger partial charge in [0.2, 0.25) is 0 Å². The first-order chi connectivity index (χ1) is 8.27. The molecule has 4 nitrogen and oxygen atoms in total. The van der Waals surface area contributed by atoms with E-state index in [0.29, 0.717) is 6.54 Å². The summed E-state index contributed by atoms with van der Waals surface area (Å²) >= 11 is 1.84. The van der Waals surface area contributed by atoms with Crippen LogP contribution in [0, 0.1) is 0 Å². The van der Waals surface area contributed by atoms with Crippen molar-refractivity contribution in [2.75, 3.05) is 30.5 Å². The van der Waals surface area contributed by atoms with Crippen molar-refractivity contribution >= 4 is 23.2 Å². The lowest BCUT2D eigenvalue weighted by Gasteiger charge is -2.17. The van der Waals surface area contributed by atoms with Crippen molar-refractivity contribution in [1.29, 1.82) is 0 Å². The maximum atomic E-state index is 5.83. The van der Waals surface area contributed by atoms with E-state index in [9.17, 15) is 0 Å². The molecule has 2 rings (SSSR count). The van der Waals surface area contributed by atoms with Crippen LogP contribution in [0.3, 0.4) is 0 Å². The summed E-state index contributed by atoms with van der Waals surface area (Å²) in [6.45, 7) is 1.49. The Hall–Kier alpha value is -1.20. The van der Waals surface area contributed by atoms with Crippen molar-refractivity contribution in [3.8, 4) is 0 Å². The Morgan fingerprint density at radius 3 is 3.00 bits per heavy atom. The third kappa shape index (κ3) is 2.40. The number of rotatable bonds is 5. The van der Waals surface area contributed by atoms with E-state index in [0.717, 1.165) is 29.5 Å². The quantitative estimate of drug-likeness (QED) is 0.875. The van der Waals surface area contributed by atoms with Gasteiger partial charge in [-0.25, -0.2) is 4.98 Å². The Labute approximate surface area is 106 Å². The number of nitrogens with two attached hydrogens (primary N) is 1. The molecule has 0 aliphatic heterocycles. The molecule has 0 unspecified atom stereocenters. The fraction of sp³-hybridized carbons (Fsp3) is 0.417. The second kappa shape index (κ2) is 5.42. The second-order valence-electron chi connectivity index (χ2n) is 3.93. The van der Waals surface area contributed by atoms with Gasteiger partial charge in [-0.05, 0) is 18.4 Å². The van der Waals surface area contributed by atoms with Gasteiger partial charge in [-0.3, -0.25) is 0 Å². The Bertz CT molecular complexity index is 494. The molecule has 2 heterocycles. The van der Waals surface area contributed by atoms with Gasteiger partial charge in [0.15, 0.2) is 5.82 Å². The number of anilines is 1. The van der Waals surface area contributed by atoms with Gasteiger partial charge in [-0.1, -0.05) is 6.07 Å². The molecule has 2 N–H and O–H groups in total. The van der Waals surface area contributed by atoms with Crippen LogP contribution in [0.15, 0.2) is 24.4 Å². The van der Waals surface area contributed by atoms with E-state index >= 15 is 0 Å². The molecule has 0 saturated heterocycles. The zero-order chi connectivity index (χ0) is 12.3. The molecule has 0 atom stereocenters. The van der Waals surface area contributed by atoms with Gasteiger partial charge >= 0.3 is 0 Å². The van der Waals surface area contributed by atoms with Crippen molar-refractivity contribution in [1.82, 2.24) is 9.38 Å². The summed E-state index contributed by atoms with van der Waals surface area (Å²) in [5.74, 6) is 2.08. The number of nitrogens with zero attached hydrogens (tertiary/aromatic N) is 3. The van der Waals surface area contributed by atoms with E-state index in [1.54, 1.807) is 0 Å². The maximum Gasteiger partial charge on any atom is 0.152 e. The van der Waals surface area contributed by atoms with Gasteiger partial charge in [-0.15, -0.1) is 0 Å². The highest BCUT2D eigenvalue weighted by Crippen LogP contribution is 2.20. The van der Waals surface area contributed by atoms with E-state index in [1.807, 2.05) is 36.2 Å². The van der Waals surface area contributed by atoms with Crippen LogP contribution in [-0.2, 0) is 6.54 Å². The number of fused-ring (bicyclic) bond motifs is 1. The average Bonchev–Trinajstić information content (AvgIpc) is 2.74. The van der Waals surface area contributed by atoms with E-state index in [1.165, 1.54) is 0 Å². The molecule has 5 heteroatoms. The van der Waals surface area contributed by atoms with Crippen LogP contribution >= 0.6 is 11.8 Å². The van der Waals surface area contributed by atoms with E-state index in [-0.39, 0.29) is 0 Å². The smallest absolute Gasteiger partial charge is 0.152 e. The van der Waals surface area contributed by atoms with Crippen LogP contribution in [0.2, 0.25) is 0 Å². The summed E-state index contributed by atoms with van der Waals surface area (Å²) in [5.41, 5.74) is 7.87. The lowest BCUT2D eigenvalue weighted by atomic mass is 10.4. The van der Waals surface area contributed by atoms with Crippen LogP contribution in [0.5, 0.6) is 0 Å². The predicted octanol–water partition coefficient (Wildman–Crippen LogP) is 1.59. The molecule has 0 spiro atoms. The zero-order valence-electron chi connectivity index (χ0n) is 10.3. The number of hydrogen-bond acceptors (Lipinski definition) is 4. The van der Waals surface area contributed by atoms with Crippen LogP contribution in [0.1, 0.15) is 5.69 Å². The summed E-state index contributed by atoms with van der Waals surface area (Å²) in [4.78, 5) is 6.81. The predicted molar refractivity (Wildman–Crippen MR) is 74.7 cm³/mol. The molecule has 92 valence electrons. The lowest BCUT2D eigenvalue weighted by molar-refractivity contribution is 0.904. The summed E-state index contributed by atoms with van der Waals surface area (Å²) in [6, 6.07) is 6.00. The Morgan fingerprint density at radius 2 is 2.29 bits per heavy atom. The van der Waals surface area contributed by atoms with Crippen molar-refractivity contribution in [2.45, 2.75) is 6.54 Å². The maximum absolute atomic E-state index is 5.83. The molecule has 17 heavy (non-hydrogen) atoms. The first kappa shape index (κ1) is 12.3. The van der Waals surface area contributed by atoms with Crippen LogP contribution in [-0.4, -0.2) is 35.0 Å². The van der Waals surface area contributed by atoms with Gasteiger partial charge in [0, 0.05) is 32.1 Å². The number of imidazole rings is 1. The third-order valence-electron chi connectivity index (χ3n) is 2.79. The fourth-order valence-electron chi connectivity index (χ4n) is 1.86. The molecule has 0 saturated carbocycles. The highest BCUT2D eigenvalue weighted by atomic mass is 32.2. The zero-order valence-corrected chi connectivity index (χ0v) is 11.1. The molecular weight excluding hydrogens is 232 g/mol. The van der Waals surface area contributed by atoms with Gasteiger partial charge in [-0.2, -0.15) is 11.8 Å². The van der Waals surface area contributed by atoms with Crippen LogP contribution < -0.4 is 10.6 Å². The second-order valence-corrected chi connectivity index (χ2v) is 4.92. The molecule has 0 aliphatic rings. The average molecular weight is 250 g/mol. The first-order valence-electron chi connectivity index (χ1n) is 5.64. The Balaban J connectivity index is 2.38. The van der Waals surface area contributed by atoms with E-state index < -0.39 is 0 Å². The molecule has 0 aliphatic carbocycles. The number of aromatic nitrogens is 2. The molecule has 0 fully saturated rings. The summed E-state index contributed by atoms with van der Waals surface area (Å²) in [6.07, 6.45) is 4.12.